The molecule has 0 aliphatic rings. The van der Waals surface area contributed by atoms with E-state index in [1.54, 1.807) is 0 Å². The molecule has 142 valence electrons. The van der Waals surface area contributed by atoms with Gasteiger partial charge in [-0.1, -0.05) is 91.0 Å². The van der Waals surface area contributed by atoms with E-state index in [9.17, 15) is 9.59 Å². The Morgan fingerprint density at radius 1 is 0.786 bits per heavy atom. The van der Waals surface area contributed by atoms with E-state index in [4.69, 9.17) is 4.74 Å². The molecule has 0 saturated carbocycles. The first-order chi connectivity index (χ1) is 13.7. The van der Waals surface area contributed by atoms with Gasteiger partial charge in [0.15, 0.2) is 0 Å². The zero-order valence-electron chi connectivity index (χ0n) is 15.7. The van der Waals surface area contributed by atoms with E-state index in [1.807, 2.05) is 91.0 Å². The fourth-order valence-corrected chi connectivity index (χ4v) is 3.23. The van der Waals surface area contributed by atoms with Crippen LogP contribution in [-0.4, -0.2) is 25.0 Å². The summed E-state index contributed by atoms with van der Waals surface area (Å²) in [4.78, 5) is 25.6. The first-order valence-corrected chi connectivity index (χ1v) is 9.21. The smallest absolute Gasteiger partial charge is 0.328 e. The zero-order chi connectivity index (χ0) is 19.8. The lowest BCUT2D eigenvalue weighted by Gasteiger charge is -2.22. The highest BCUT2D eigenvalue weighted by molar-refractivity contribution is 5.91. The molecule has 0 fully saturated rings. The van der Waals surface area contributed by atoms with Gasteiger partial charge in [-0.3, -0.25) is 4.79 Å². The summed E-state index contributed by atoms with van der Waals surface area (Å²) in [5.74, 6) is -1.20. The van der Waals surface area contributed by atoms with Gasteiger partial charge in [0.2, 0.25) is 5.91 Å². The molecule has 1 amide bonds. The second-order valence-corrected chi connectivity index (χ2v) is 6.53. The van der Waals surface area contributed by atoms with Gasteiger partial charge in [0.05, 0.1) is 13.0 Å². The molecule has 0 bridgehead atoms. The minimum atomic E-state index is -0.755. The molecule has 0 radical (unpaired) electrons. The minimum Gasteiger partial charge on any atom is -0.467 e. The second kappa shape index (κ2) is 9.51. The SMILES string of the molecule is COC(=O)C(Cc1ccccc1)NC(=O)C(c1ccccc1)c1ccccc1. The molecule has 1 unspecified atom stereocenters. The molecule has 4 heteroatoms. The maximum Gasteiger partial charge on any atom is 0.328 e. The quantitative estimate of drug-likeness (QED) is 0.642. The highest BCUT2D eigenvalue weighted by atomic mass is 16.5. The van der Waals surface area contributed by atoms with Crippen molar-refractivity contribution in [3.05, 3.63) is 108 Å². The molecule has 0 saturated heterocycles. The van der Waals surface area contributed by atoms with Crippen LogP contribution in [0.3, 0.4) is 0 Å². The summed E-state index contributed by atoms with van der Waals surface area (Å²) in [6.45, 7) is 0. The van der Waals surface area contributed by atoms with E-state index in [0.29, 0.717) is 6.42 Å². The van der Waals surface area contributed by atoms with Gasteiger partial charge in [0, 0.05) is 6.42 Å². The highest BCUT2D eigenvalue weighted by Crippen LogP contribution is 2.25. The topological polar surface area (TPSA) is 55.4 Å². The van der Waals surface area contributed by atoms with E-state index in [-0.39, 0.29) is 5.91 Å². The molecular formula is C24H23NO3. The van der Waals surface area contributed by atoms with E-state index < -0.39 is 17.9 Å². The molecule has 28 heavy (non-hydrogen) atoms. The van der Waals surface area contributed by atoms with Crippen LogP contribution in [0, 0.1) is 0 Å². The number of benzene rings is 3. The fourth-order valence-electron chi connectivity index (χ4n) is 3.23. The molecule has 0 aromatic heterocycles. The Hall–Kier alpha value is -3.40. The van der Waals surface area contributed by atoms with Crippen LogP contribution in [0.5, 0.6) is 0 Å². The predicted octanol–water partition coefficient (Wildman–Crippen LogP) is 3.72. The van der Waals surface area contributed by atoms with Gasteiger partial charge in [-0.05, 0) is 16.7 Å². The summed E-state index contributed by atoms with van der Waals surface area (Å²) in [5, 5.41) is 2.90. The van der Waals surface area contributed by atoms with Gasteiger partial charge < -0.3 is 10.1 Å². The van der Waals surface area contributed by atoms with Crippen LogP contribution in [-0.2, 0) is 20.7 Å². The van der Waals surface area contributed by atoms with Crippen molar-refractivity contribution in [2.24, 2.45) is 0 Å². The molecule has 0 aliphatic heterocycles. The number of rotatable bonds is 7. The van der Waals surface area contributed by atoms with Crippen molar-refractivity contribution in [1.82, 2.24) is 5.32 Å². The van der Waals surface area contributed by atoms with Crippen LogP contribution >= 0.6 is 0 Å². The van der Waals surface area contributed by atoms with Gasteiger partial charge >= 0.3 is 5.97 Å². The monoisotopic (exact) mass is 373 g/mol. The van der Waals surface area contributed by atoms with Crippen molar-refractivity contribution in [2.75, 3.05) is 7.11 Å². The standard InChI is InChI=1S/C24H23NO3/c1-28-24(27)21(17-18-11-5-2-6-12-18)25-23(26)22(19-13-7-3-8-14-19)20-15-9-4-10-16-20/h2-16,21-22H,17H2,1H3,(H,25,26). The van der Waals surface area contributed by atoms with Crippen molar-refractivity contribution in [2.45, 2.75) is 18.4 Å². The van der Waals surface area contributed by atoms with E-state index in [2.05, 4.69) is 5.32 Å². The molecule has 3 aromatic rings. The number of hydrogen-bond donors (Lipinski definition) is 1. The van der Waals surface area contributed by atoms with Crippen molar-refractivity contribution in [3.8, 4) is 0 Å². The lowest BCUT2D eigenvalue weighted by atomic mass is 9.90. The largest absolute Gasteiger partial charge is 0.467 e. The summed E-state index contributed by atoms with van der Waals surface area (Å²) in [6.07, 6.45) is 0.371. The van der Waals surface area contributed by atoms with Gasteiger partial charge in [0.1, 0.15) is 6.04 Å². The van der Waals surface area contributed by atoms with Crippen LogP contribution in [0.15, 0.2) is 91.0 Å². The first-order valence-electron chi connectivity index (χ1n) is 9.21. The Morgan fingerprint density at radius 2 is 1.25 bits per heavy atom. The average Bonchev–Trinajstić information content (AvgIpc) is 2.75. The van der Waals surface area contributed by atoms with E-state index >= 15 is 0 Å². The predicted molar refractivity (Wildman–Crippen MR) is 109 cm³/mol. The molecule has 0 spiro atoms. The lowest BCUT2D eigenvalue weighted by Crippen LogP contribution is -2.45. The molecule has 1 atom stereocenters. The normalized spacial score (nSPS) is 11.6. The molecule has 0 heterocycles. The fraction of sp³-hybridized carbons (Fsp3) is 0.167. The number of carbonyl (C=O) groups excluding carboxylic acids is 2. The van der Waals surface area contributed by atoms with Crippen molar-refractivity contribution in [3.63, 3.8) is 0 Å². The summed E-state index contributed by atoms with van der Waals surface area (Å²) in [6, 6.07) is 27.9. The molecule has 0 aliphatic carbocycles. The Morgan fingerprint density at radius 3 is 1.71 bits per heavy atom. The third-order valence-corrected chi connectivity index (χ3v) is 4.61. The van der Waals surface area contributed by atoms with Crippen molar-refractivity contribution in [1.29, 1.82) is 0 Å². The van der Waals surface area contributed by atoms with Crippen LogP contribution < -0.4 is 5.32 Å². The summed E-state index contributed by atoms with van der Waals surface area (Å²) in [5.41, 5.74) is 2.69. The number of hydrogen-bond acceptors (Lipinski definition) is 3. The molecule has 4 nitrogen and oxygen atoms in total. The number of nitrogens with one attached hydrogen (secondary N) is 1. The Kier molecular flexibility index (Phi) is 6.58. The number of carbonyl (C=O) groups is 2. The van der Waals surface area contributed by atoms with Crippen LogP contribution in [0.1, 0.15) is 22.6 Å². The van der Waals surface area contributed by atoms with Crippen molar-refractivity contribution >= 4 is 11.9 Å². The van der Waals surface area contributed by atoms with Crippen molar-refractivity contribution < 1.29 is 14.3 Å². The molecule has 3 rings (SSSR count). The summed E-state index contributed by atoms with van der Waals surface area (Å²) < 4.78 is 4.92. The number of methoxy groups -OCH3 is 1. The first kappa shape index (κ1) is 19.4. The Labute approximate surface area is 165 Å². The zero-order valence-corrected chi connectivity index (χ0v) is 15.7. The summed E-state index contributed by atoms with van der Waals surface area (Å²) in [7, 11) is 1.33. The van der Waals surface area contributed by atoms with Gasteiger partial charge in [-0.15, -0.1) is 0 Å². The lowest BCUT2D eigenvalue weighted by molar-refractivity contribution is -0.145. The number of ether oxygens (including phenoxy) is 1. The van der Waals surface area contributed by atoms with E-state index in [0.717, 1.165) is 16.7 Å². The molecule has 1 N–H and O–H groups in total. The highest BCUT2D eigenvalue weighted by Gasteiger charge is 2.28. The Bertz CT molecular complexity index is 855. The van der Waals surface area contributed by atoms with Gasteiger partial charge in [-0.25, -0.2) is 4.79 Å². The van der Waals surface area contributed by atoms with Gasteiger partial charge in [-0.2, -0.15) is 0 Å². The third kappa shape index (κ3) is 4.86. The van der Waals surface area contributed by atoms with Gasteiger partial charge in [0.25, 0.3) is 0 Å². The molecular weight excluding hydrogens is 350 g/mol. The maximum atomic E-state index is 13.2. The third-order valence-electron chi connectivity index (χ3n) is 4.61. The van der Waals surface area contributed by atoms with Crippen LogP contribution in [0.4, 0.5) is 0 Å². The number of esters is 1. The maximum absolute atomic E-state index is 13.2. The molecule has 3 aromatic carbocycles. The number of amides is 1. The summed E-state index contributed by atoms with van der Waals surface area (Å²) >= 11 is 0. The van der Waals surface area contributed by atoms with E-state index in [1.165, 1.54) is 7.11 Å². The average molecular weight is 373 g/mol. The minimum absolute atomic E-state index is 0.233. The van der Waals surface area contributed by atoms with Crippen LogP contribution in [0.25, 0.3) is 0 Å². The second-order valence-electron chi connectivity index (χ2n) is 6.53. The van der Waals surface area contributed by atoms with Crippen LogP contribution in [0.2, 0.25) is 0 Å². The Balaban J connectivity index is 1.87.